The molecule has 0 amide bonds. The number of hydrogen-bond donors (Lipinski definition) is 0. The molecule has 0 aliphatic heterocycles. The Labute approximate surface area is 126 Å². The van der Waals surface area contributed by atoms with Crippen molar-refractivity contribution in [2.45, 2.75) is 19.4 Å². The quantitative estimate of drug-likeness (QED) is 0.750. The van der Waals surface area contributed by atoms with Crippen molar-refractivity contribution in [1.29, 1.82) is 0 Å². The maximum atomic E-state index is 11.9. The zero-order valence-corrected chi connectivity index (χ0v) is 12.7. The fourth-order valence-corrected chi connectivity index (χ4v) is 2.37. The minimum Gasteiger partial charge on any atom is -0.492 e. The second kappa shape index (κ2) is 5.83. The van der Waals surface area contributed by atoms with Crippen LogP contribution in [0.3, 0.4) is 0 Å². The lowest BCUT2D eigenvalue weighted by Gasteiger charge is -2.07. The molecule has 1 aromatic carbocycles. The summed E-state index contributed by atoms with van der Waals surface area (Å²) in [5.74, 6) is 1.43. The van der Waals surface area contributed by atoms with Crippen molar-refractivity contribution in [2.24, 2.45) is 5.92 Å². The van der Waals surface area contributed by atoms with E-state index in [1.165, 1.54) is 0 Å². The van der Waals surface area contributed by atoms with E-state index in [9.17, 15) is 4.79 Å². The topological polar surface area (TPSA) is 31.2 Å². The average Bonchev–Trinajstić information content (AvgIpc) is 3.20. The van der Waals surface area contributed by atoms with Gasteiger partial charge in [-0.3, -0.25) is 4.79 Å². The Balaban J connectivity index is 1.51. The molecule has 1 saturated carbocycles. The van der Waals surface area contributed by atoms with Crippen molar-refractivity contribution in [2.75, 3.05) is 6.61 Å². The molecule has 0 spiro atoms. The first kappa shape index (κ1) is 13.4. The van der Waals surface area contributed by atoms with Crippen molar-refractivity contribution in [3.05, 3.63) is 52.8 Å². The van der Waals surface area contributed by atoms with E-state index in [0.29, 0.717) is 6.61 Å². The summed E-state index contributed by atoms with van der Waals surface area (Å²) in [6.07, 6.45) is 5.97. The van der Waals surface area contributed by atoms with Crippen LogP contribution in [0.15, 0.2) is 47.2 Å². The van der Waals surface area contributed by atoms with Gasteiger partial charge in [-0.15, -0.1) is 0 Å². The first-order valence-electron chi connectivity index (χ1n) is 6.81. The number of ketones is 1. The van der Waals surface area contributed by atoms with E-state index in [-0.39, 0.29) is 11.7 Å². The van der Waals surface area contributed by atoms with Crippen LogP contribution in [-0.2, 0) is 6.54 Å². The van der Waals surface area contributed by atoms with E-state index in [2.05, 4.69) is 15.9 Å². The average molecular weight is 334 g/mol. The van der Waals surface area contributed by atoms with Gasteiger partial charge in [0.15, 0.2) is 5.78 Å². The monoisotopic (exact) mass is 333 g/mol. The Morgan fingerprint density at radius 1 is 1.25 bits per heavy atom. The lowest BCUT2D eigenvalue weighted by Crippen LogP contribution is -2.07. The Bertz CT molecular complexity index is 599. The predicted molar refractivity (Wildman–Crippen MR) is 81.1 cm³/mol. The second-order valence-corrected chi connectivity index (χ2v) is 5.99. The SMILES string of the molecule is O=C(c1ccn(CCOc2ccc(Br)cc2)c1)C1CC1. The van der Waals surface area contributed by atoms with Crippen LogP contribution < -0.4 is 4.74 Å². The molecule has 0 unspecified atom stereocenters. The molecule has 1 heterocycles. The summed E-state index contributed by atoms with van der Waals surface area (Å²) in [5, 5.41) is 0. The van der Waals surface area contributed by atoms with Gasteiger partial charge in [-0.25, -0.2) is 0 Å². The fraction of sp³-hybridized carbons (Fsp3) is 0.312. The Morgan fingerprint density at radius 3 is 2.70 bits per heavy atom. The van der Waals surface area contributed by atoms with Crippen LogP contribution in [0.1, 0.15) is 23.2 Å². The number of carbonyl (C=O) groups is 1. The highest BCUT2D eigenvalue weighted by atomic mass is 79.9. The Kier molecular flexibility index (Phi) is 3.92. The Morgan fingerprint density at radius 2 is 2.00 bits per heavy atom. The second-order valence-electron chi connectivity index (χ2n) is 5.08. The number of rotatable bonds is 6. The predicted octanol–water partition coefficient (Wildman–Crippen LogP) is 3.92. The van der Waals surface area contributed by atoms with Gasteiger partial charge in [0.05, 0.1) is 6.54 Å². The smallest absolute Gasteiger partial charge is 0.167 e. The van der Waals surface area contributed by atoms with Gasteiger partial charge in [-0.2, -0.15) is 0 Å². The van der Waals surface area contributed by atoms with E-state index in [4.69, 9.17) is 4.74 Å². The molecule has 0 radical (unpaired) electrons. The largest absolute Gasteiger partial charge is 0.492 e. The van der Waals surface area contributed by atoms with Gasteiger partial charge in [0, 0.05) is 28.3 Å². The summed E-state index contributed by atoms with van der Waals surface area (Å²) in [7, 11) is 0. The van der Waals surface area contributed by atoms with Crippen molar-refractivity contribution in [3.63, 3.8) is 0 Å². The molecular weight excluding hydrogens is 318 g/mol. The Hall–Kier alpha value is -1.55. The zero-order chi connectivity index (χ0) is 13.9. The third-order valence-electron chi connectivity index (χ3n) is 3.41. The first-order chi connectivity index (χ1) is 9.72. The van der Waals surface area contributed by atoms with Gasteiger partial charge in [-0.1, -0.05) is 15.9 Å². The van der Waals surface area contributed by atoms with Crippen LogP contribution in [0.5, 0.6) is 5.75 Å². The molecule has 0 N–H and O–H groups in total. The number of nitrogens with zero attached hydrogens (tertiary/aromatic N) is 1. The summed E-state index contributed by atoms with van der Waals surface area (Å²) in [6.45, 7) is 1.33. The molecule has 0 bridgehead atoms. The molecule has 3 rings (SSSR count). The third-order valence-corrected chi connectivity index (χ3v) is 3.94. The number of halogens is 1. The highest BCUT2D eigenvalue weighted by Crippen LogP contribution is 2.32. The summed E-state index contributed by atoms with van der Waals surface area (Å²) < 4.78 is 8.72. The van der Waals surface area contributed by atoms with E-state index in [1.54, 1.807) is 0 Å². The minimum atomic E-state index is 0.282. The lowest BCUT2D eigenvalue weighted by molar-refractivity contribution is 0.0967. The van der Waals surface area contributed by atoms with Crippen LogP contribution in [0.4, 0.5) is 0 Å². The van der Waals surface area contributed by atoms with Crippen LogP contribution in [0.2, 0.25) is 0 Å². The molecule has 104 valence electrons. The number of aromatic nitrogens is 1. The van der Waals surface area contributed by atoms with E-state index in [0.717, 1.165) is 35.2 Å². The lowest BCUT2D eigenvalue weighted by atomic mass is 10.1. The van der Waals surface area contributed by atoms with Gasteiger partial charge < -0.3 is 9.30 Å². The molecule has 0 saturated heterocycles. The molecule has 3 nitrogen and oxygen atoms in total. The van der Waals surface area contributed by atoms with Crippen molar-refractivity contribution in [3.8, 4) is 5.75 Å². The molecule has 1 fully saturated rings. The van der Waals surface area contributed by atoms with Gasteiger partial charge in [0.25, 0.3) is 0 Å². The van der Waals surface area contributed by atoms with Crippen molar-refractivity contribution in [1.82, 2.24) is 4.57 Å². The molecule has 4 heteroatoms. The highest BCUT2D eigenvalue weighted by Gasteiger charge is 2.30. The summed E-state index contributed by atoms with van der Waals surface area (Å²) >= 11 is 3.39. The fourth-order valence-electron chi connectivity index (χ4n) is 2.11. The van der Waals surface area contributed by atoms with Crippen molar-refractivity contribution < 1.29 is 9.53 Å². The number of hydrogen-bond acceptors (Lipinski definition) is 2. The van der Waals surface area contributed by atoms with Crippen LogP contribution in [-0.4, -0.2) is 17.0 Å². The maximum Gasteiger partial charge on any atom is 0.167 e. The third kappa shape index (κ3) is 3.31. The van der Waals surface area contributed by atoms with E-state index >= 15 is 0 Å². The molecule has 1 aliphatic carbocycles. The zero-order valence-electron chi connectivity index (χ0n) is 11.1. The molecule has 20 heavy (non-hydrogen) atoms. The normalized spacial score (nSPS) is 14.2. The first-order valence-corrected chi connectivity index (χ1v) is 7.60. The summed E-state index contributed by atoms with van der Waals surface area (Å²) in [4.78, 5) is 11.9. The van der Waals surface area contributed by atoms with Crippen molar-refractivity contribution >= 4 is 21.7 Å². The van der Waals surface area contributed by atoms with Gasteiger partial charge >= 0.3 is 0 Å². The minimum absolute atomic E-state index is 0.282. The highest BCUT2D eigenvalue weighted by molar-refractivity contribution is 9.10. The van der Waals surface area contributed by atoms with E-state index in [1.807, 2.05) is 47.3 Å². The molecule has 1 aromatic heterocycles. The van der Waals surface area contributed by atoms with Gasteiger partial charge in [-0.05, 0) is 43.2 Å². The molecule has 0 atom stereocenters. The number of Topliss-reactive ketones (excluding diaryl/α,β-unsaturated/α-hetero) is 1. The molecular formula is C16H16BrNO2. The standard InChI is InChI=1S/C16H16BrNO2/c17-14-3-5-15(6-4-14)20-10-9-18-8-7-13(11-18)16(19)12-1-2-12/h3-8,11-12H,1-2,9-10H2. The van der Waals surface area contributed by atoms with Crippen LogP contribution in [0.25, 0.3) is 0 Å². The van der Waals surface area contributed by atoms with Crippen LogP contribution >= 0.6 is 15.9 Å². The molecule has 1 aliphatic rings. The number of carbonyl (C=O) groups excluding carboxylic acids is 1. The number of ether oxygens (including phenoxy) is 1. The summed E-state index contributed by atoms with van der Waals surface area (Å²) in [5.41, 5.74) is 0.830. The summed E-state index contributed by atoms with van der Waals surface area (Å²) in [6, 6.07) is 9.68. The molecule has 2 aromatic rings. The number of benzene rings is 1. The maximum absolute atomic E-state index is 11.9. The van der Waals surface area contributed by atoms with Gasteiger partial charge in [0.2, 0.25) is 0 Å². The van der Waals surface area contributed by atoms with Crippen LogP contribution in [0, 0.1) is 5.92 Å². The van der Waals surface area contributed by atoms with E-state index < -0.39 is 0 Å². The van der Waals surface area contributed by atoms with Gasteiger partial charge in [0.1, 0.15) is 12.4 Å².